The second-order valence-electron chi connectivity index (χ2n) is 3.60. The minimum absolute atomic E-state index is 0.465. The summed E-state index contributed by atoms with van der Waals surface area (Å²) in [7, 11) is 0. The van der Waals surface area contributed by atoms with Gasteiger partial charge in [-0.2, -0.15) is 0 Å². The molecule has 19 heavy (non-hydrogen) atoms. The second kappa shape index (κ2) is 5.46. The van der Waals surface area contributed by atoms with Crippen LogP contribution in [-0.4, -0.2) is 50.0 Å². The molecule has 0 saturated heterocycles. The van der Waals surface area contributed by atoms with Crippen LogP contribution >= 0.6 is 0 Å². The van der Waals surface area contributed by atoms with E-state index in [1.54, 1.807) is 0 Å². The molecule has 0 saturated carbocycles. The maximum absolute atomic E-state index is 11.0. The number of carboxylic acids is 3. The molecule has 0 radical (unpaired) electrons. The molecule has 1 aromatic rings. The van der Waals surface area contributed by atoms with Gasteiger partial charge < -0.3 is 25.5 Å². The molecule has 0 aliphatic rings. The zero-order valence-corrected chi connectivity index (χ0v) is 9.40. The maximum Gasteiger partial charge on any atom is 0.336 e. The number of hydrogen-bond acceptors (Lipinski definition) is 5. The Morgan fingerprint density at radius 1 is 1.00 bits per heavy atom. The zero-order valence-electron chi connectivity index (χ0n) is 9.40. The third-order valence-corrected chi connectivity index (χ3v) is 2.39. The molecular formula is C11H10O8. The van der Waals surface area contributed by atoms with Crippen molar-refractivity contribution in [2.24, 2.45) is 0 Å². The molecule has 5 N–H and O–H groups in total. The van der Waals surface area contributed by atoms with Gasteiger partial charge in [-0.05, 0) is 17.7 Å². The standard InChI is InChI=1S/C11H10O8/c12-3-7(13)5-1-4(9(14)15)2-6(10(16)17)8(5)11(18)19/h1-2,7,12-13H,3H2,(H,14,15)(H,16,17)(H,18,19). The lowest BCUT2D eigenvalue weighted by Crippen LogP contribution is -2.17. The predicted octanol–water partition coefficient (Wildman–Crippen LogP) is -0.193. The Hall–Kier alpha value is -2.45. The van der Waals surface area contributed by atoms with Crippen LogP contribution < -0.4 is 0 Å². The lowest BCUT2D eigenvalue weighted by Gasteiger charge is -2.14. The van der Waals surface area contributed by atoms with Gasteiger partial charge in [0.1, 0.15) is 6.10 Å². The molecule has 0 amide bonds. The Kier molecular flexibility index (Phi) is 4.20. The molecule has 0 aromatic heterocycles. The van der Waals surface area contributed by atoms with Crippen molar-refractivity contribution >= 4 is 17.9 Å². The fourth-order valence-electron chi connectivity index (χ4n) is 1.56. The zero-order chi connectivity index (χ0) is 14.7. The van der Waals surface area contributed by atoms with Gasteiger partial charge in [-0.3, -0.25) is 0 Å². The van der Waals surface area contributed by atoms with E-state index in [2.05, 4.69) is 0 Å². The number of rotatable bonds is 5. The fraction of sp³-hybridized carbons (Fsp3) is 0.182. The lowest BCUT2D eigenvalue weighted by molar-refractivity contribution is 0.0630. The fourth-order valence-corrected chi connectivity index (χ4v) is 1.56. The third kappa shape index (κ3) is 2.87. The van der Waals surface area contributed by atoms with Gasteiger partial charge in [-0.15, -0.1) is 0 Å². The molecule has 1 aromatic carbocycles. The summed E-state index contributed by atoms with van der Waals surface area (Å²) >= 11 is 0. The van der Waals surface area contributed by atoms with E-state index in [-0.39, 0.29) is 0 Å². The van der Waals surface area contributed by atoms with Gasteiger partial charge in [0, 0.05) is 0 Å². The first-order chi connectivity index (χ1) is 8.79. The summed E-state index contributed by atoms with van der Waals surface area (Å²) in [6.45, 7) is -0.873. The van der Waals surface area contributed by atoms with E-state index in [4.69, 9.17) is 20.4 Å². The Morgan fingerprint density at radius 2 is 1.58 bits per heavy atom. The van der Waals surface area contributed by atoms with E-state index in [9.17, 15) is 19.5 Å². The molecule has 8 heteroatoms. The molecule has 1 unspecified atom stereocenters. The first-order valence-corrected chi connectivity index (χ1v) is 4.96. The highest BCUT2D eigenvalue weighted by atomic mass is 16.4. The summed E-state index contributed by atoms with van der Waals surface area (Å²) in [4.78, 5) is 32.8. The van der Waals surface area contributed by atoms with E-state index in [0.717, 1.165) is 6.07 Å². The molecule has 1 atom stereocenters. The number of hydrogen-bond donors (Lipinski definition) is 5. The SMILES string of the molecule is O=C(O)c1cc(C(=O)O)c(C(=O)O)c(C(O)CO)c1. The van der Waals surface area contributed by atoms with Crippen LogP contribution in [0.4, 0.5) is 0 Å². The Balaban J connectivity index is 3.70. The third-order valence-electron chi connectivity index (χ3n) is 2.39. The summed E-state index contributed by atoms with van der Waals surface area (Å²) in [6, 6.07) is 1.50. The van der Waals surface area contributed by atoms with Crippen LogP contribution in [0.3, 0.4) is 0 Å². The summed E-state index contributed by atoms with van der Waals surface area (Å²) in [5, 5.41) is 45.0. The van der Waals surface area contributed by atoms with Crippen molar-refractivity contribution in [3.63, 3.8) is 0 Å². The van der Waals surface area contributed by atoms with Crippen LogP contribution in [0, 0.1) is 0 Å². The van der Waals surface area contributed by atoms with E-state index < -0.39 is 52.9 Å². The molecule has 1 rings (SSSR count). The number of aliphatic hydroxyl groups is 2. The minimum Gasteiger partial charge on any atom is -0.478 e. The van der Waals surface area contributed by atoms with Crippen molar-refractivity contribution in [3.05, 3.63) is 34.4 Å². The van der Waals surface area contributed by atoms with Crippen LogP contribution in [0.25, 0.3) is 0 Å². The molecule has 0 spiro atoms. The Morgan fingerprint density at radius 3 is 1.95 bits per heavy atom. The Bertz CT molecular complexity index is 548. The summed E-state index contributed by atoms with van der Waals surface area (Å²) in [5.41, 5.74) is -2.48. The maximum atomic E-state index is 11.0. The normalized spacial score (nSPS) is 11.9. The van der Waals surface area contributed by atoms with Crippen LogP contribution in [0.15, 0.2) is 12.1 Å². The highest BCUT2D eigenvalue weighted by Crippen LogP contribution is 2.24. The van der Waals surface area contributed by atoms with Gasteiger partial charge >= 0.3 is 17.9 Å². The van der Waals surface area contributed by atoms with Crippen molar-refractivity contribution in [1.82, 2.24) is 0 Å². The quantitative estimate of drug-likeness (QED) is 0.493. The Labute approximate surface area is 106 Å². The number of carbonyl (C=O) groups is 3. The van der Waals surface area contributed by atoms with E-state index >= 15 is 0 Å². The van der Waals surface area contributed by atoms with Gasteiger partial charge in [-0.1, -0.05) is 0 Å². The molecule has 8 nitrogen and oxygen atoms in total. The molecule has 0 heterocycles. The molecule has 0 aliphatic carbocycles. The topological polar surface area (TPSA) is 152 Å². The lowest BCUT2D eigenvalue weighted by atomic mass is 9.94. The number of aromatic carboxylic acids is 3. The highest BCUT2D eigenvalue weighted by molar-refractivity contribution is 6.05. The van der Waals surface area contributed by atoms with Gasteiger partial charge in [0.25, 0.3) is 0 Å². The predicted molar refractivity (Wildman–Crippen MR) is 59.4 cm³/mol. The highest BCUT2D eigenvalue weighted by Gasteiger charge is 2.26. The largest absolute Gasteiger partial charge is 0.478 e. The first kappa shape index (κ1) is 14.6. The van der Waals surface area contributed by atoms with Crippen LogP contribution in [-0.2, 0) is 0 Å². The van der Waals surface area contributed by atoms with Gasteiger partial charge in [0.15, 0.2) is 0 Å². The van der Waals surface area contributed by atoms with Crippen molar-refractivity contribution in [3.8, 4) is 0 Å². The molecule has 0 aliphatic heterocycles. The smallest absolute Gasteiger partial charge is 0.336 e. The van der Waals surface area contributed by atoms with Crippen LogP contribution in [0.2, 0.25) is 0 Å². The molecule has 102 valence electrons. The second-order valence-corrected chi connectivity index (χ2v) is 3.60. The van der Waals surface area contributed by atoms with E-state index in [1.807, 2.05) is 0 Å². The van der Waals surface area contributed by atoms with E-state index in [0.29, 0.717) is 6.07 Å². The van der Waals surface area contributed by atoms with E-state index in [1.165, 1.54) is 0 Å². The van der Waals surface area contributed by atoms with Crippen molar-refractivity contribution in [1.29, 1.82) is 0 Å². The minimum atomic E-state index is -1.69. The molecule has 0 fully saturated rings. The van der Waals surface area contributed by atoms with Crippen molar-refractivity contribution in [2.75, 3.05) is 6.61 Å². The number of carboxylic acid groups (broad SMARTS) is 3. The summed E-state index contributed by atoms with van der Waals surface area (Å²) < 4.78 is 0. The van der Waals surface area contributed by atoms with Crippen molar-refractivity contribution < 1.29 is 39.9 Å². The number of aliphatic hydroxyl groups excluding tert-OH is 2. The summed E-state index contributed by atoms with van der Waals surface area (Å²) in [6.07, 6.45) is -1.69. The summed E-state index contributed by atoms with van der Waals surface area (Å²) in [5.74, 6) is -4.77. The average Bonchev–Trinajstić information content (AvgIpc) is 2.35. The first-order valence-electron chi connectivity index (χ1n) is 4.96. The molecular weight excluding hydrogens is 260 g/mol. The van der Waals surface area contributed by atoms with Gasteiger partial charge in [-0.25, -0.2) is 14.4 Å². The van der Waals surface area contributed by atoms with Gasteiger partial charge in [0.05, 0.1) is 23.3 Å². The monoisotopic (exact) mass is 270 g/mol. The van der Waals surface area contributed by atoms with Crippen LogP contribution in [0.5, 0.6) is 0 Å². The number of benzene rings is 1. The average molecular weight is 270 g/mol. The van der Waals surface area contributed by atoms with Gasteiger partial charge in [0.2, 0.25) is 0 Å². The molecule has 0 bridgehead atoms. The van der Waals surface area contributed by atoms with Crippen LogP contribution in [0.1, 0.15) is 42.7 Å². The van der Waals surface area contributed by atoms with Crippen molar-refractivity contribution in [2.45, 2.75) is 6.10 Å².